The van der Waals surface area contributed by atoms with Crippen molar-refractivity contribution in [3.8, 4) is 11.5 Å². The number of nitrogens with zero attached hydrogens (tertiary/aromatic N) is 1. The molecule has 0 fully saturated rings. The largest absolute Gasteiger partial charge is 0.493 e. The van der Waals surface area contributed by atoms with Crippen LogP contribution in [0.4, 0.5) is 0 Å². The second kappa shape index (κ2) is 9.10. The number of rotatable bonds is 7. The molecule has 0 bridgehead atoms. The minimum atomic E-state index is -0.336. The van der Waals surface area contributed by atoms with E-state index in [0.717, 1.165) is 11.1 Å². The predicted octanol–water partition coefficient (Wildman–Crippen LogP) is 4.59. The molecule has 0 spiro atoms. The Morgan fingerprint density at radius 3 is 2.64 bits per heavy atom. The molecule has 1 amide bonds. The third-order valence-electron chi connectivity index (χ3n) is 3.98. The van der Waals surface area contributed by atoms with Crippen LogP contribution in [0.15, 0.2) is 64.3 Å². The SMILES string of the molecule is COc1cc(/C=N\NC(=O)c2ccoc2C)ccc1OCc1ccc(Cl)cc1. The third-order valence-corrected chi connectivity index (χ3v) is 4.23. The third kappa shape index (κ3) is 4.92. The van der Waals surface area contributed by atoms with Crippen LogP contribution >= 0.6 is 11.6 Å². The van der Waals surface area contributed by atoms with Crippen molar-refractivity contribution in [3.05, 3.63) is 82.3 Å². The number of ether oxygens (including phenoxy) is 2. The van der Waals surface area contributed by atoms with Crippen molar-refractivity contribution >= 4 is 23.7 Å². The van der Waals surface area contributed by atoms with E-state index in [1.54, 1.807) is 32.2 Å². The summed E-state index contributed by atoms with van der Waals surface area (Å²) in [6.45, 7) is 2.10. The Hall–Kier alpha value is -3.25. The first-order valence-corrected chi connectivity index (χ1v) is 8.87. The molecule has 0 aliphatic heterocycles. The molecule has 0 saturated heterocycles. The van der Waals surface area contributed by atoms with Crippen molar-refractivity contribution in [1.29, 1.82) is 0 Å². The van der Waals surface area contributed by atoms with Gasteiger partial charge in [-0.3, -0.25) is 4.79 Å². The van der Waals surface area contributed by atoms with Crippen LogP contribution < -0.4 is 14.9 Å². The predicted molar refractivity (Wildman–Crippen MR) is 107 cm³/mol. The summed E-state index contributed by atoms with van der Waals surface area (Å²) in [6.07, 6.45) is 2.99. The molecular formula is C21H19ClN2O4. The molecule has 6 nitrogen and oxygen atoms in total. The van der Waals surface area contributed by atoms with Gasteiger partial charge in [-0.05, 0) is 54.4 Å². The molecule has 0 radical (unpaired) electrons. The average molecular weight is 399 g/mol. The molecule has 1 N–H and O–H groups in total. The fraction of sp³-hybridized carbons (Fsp3) is 0.143. The quantitative estimate of drug-likeness (QED) is 0.466. The molecule has 0 saturated carbocycles. The van der Waals surface area contributed by atoms with E-state index >= 15 is 0 Å². The molecular weight excluding hydrogens is 380 g/mol. The zero-order valence-electron chi connectivity index (χ0n) is 15.4. The van der Waals surface area contributed by atoms with E-state index in [0.29, 0.717) is 34.5 Å². The summed E-state index contributed by atoms with van der Waals surface area (Å²) in [5, 5.41) is 4.65. The summed E-state index contributed by atoms with van der Waals surface area (Å²) in [4.78, 5) is 12.0. The van der Waals surface area contributed by atoms with Crippen molar-refractivity contribution in [2.75, 3.05) is 7.11 Å². The second-order valence-corrected chi connectivity index (χ2v) is 6.35. The number of methoxy groups -OCH3 is 1. The van der Waals surface area contributed by atoms with Gasteiger partial charge in [0.2, 0.25) is 0 Å². The topological polar surface area (TPSA) is 73.1 Å². The van der Waals surface area contributed by atoms with Gasteiger partial charge < -0.3 is 13.9 Å². The monoisotopic (exact) mass is 398 g/mol. The number of hydrazone groups is 1. The van der Waals surface area contributed by atoms with Crippen molar-refractivity contribution in [1.82, 2.24) is 5.43 Å². The van der Waals surface area contributed by atoms with Gasteiger partial charge in [0.05, 0.1) is 25.2 Å². The van der Waals surface area contributed by atoms with Crippen molar-refractivity contribution < 1.29 is 18.7 Å². The van der Waals surface area contributed by atoms with E-state index in [1.807, 2.05) is 30.3 Å². The number of benzene rings is 2. The molecule has 1 heterocycles. The zero-order chi connectivity index (χ0) is 19.9. The van der Waals surface area contributed by atoms with Crippen LogP contribution in [0.1, 0.15) is 27.2 Å². The molecule has 3 aromatic rings. The number of amides is 1. The molecule has 2 aromatic carbocycles. The van der Waals surface area contributed by atoms with Gasteiger partial charge in [-0.25, -0.2) is 5.43 Å². The number of hydrogen-bond donors (Lipinski definition) is 1. The molecule has 7 heteroatoms. The zero-order valence-corrected chi connectivity index (χ0v) is 16.2. The standard InChI is InChI=1S/C21H19ClN2O4/c1-14-18(9-10-27-14)21(25)24-23-12-16-5-8-19(20(11-16)26-2)28-13-15-3-6-17(22)7-4-15/h3-12H,13H2,1-2H3,(H,24,25)/b23-12-. The minimum absolute atomic E-state index is 0.336. The van der Waals surface area contributed by atoms with E-state index in [4.69, 9.17) is 25.5 Å². The summed E-state index contributed by atoms with van der Waals surface area (Å²) in [5.74, 6) is 1.37. The van der Waals surface area contributed by atoms with Crippen LogP contribution in [-0.4, -0.2) is 19.2 Å². The Labute approximate surface area is 167 Å². The van der Waals surface area contributed by atoms with E-state index in [2.05, 4.69) is 10.5 Å². The molecule has 0 unspecified atom stereocenters. The number of furan rings is 1. The molecule has 0 aliphatic rings. The summed E-state index contributed by atoms with van der Waals surface area (Å²) in [6, 6.07) is 14.4. The maximum Gasteiger partial charge on any atom is 0.274 e. The van der Waals surface area contributed by atoms with Crippen LogP contribution in [-0.2, 0) is 6.61 Å². The first-order valence-electron chi connectivity index (χ1n) is 8.49. The fourth-order valence-electron chi connectivity index (χ4n) is 2.47. The Morgan fingerprint density at radius 1 is 1.18 bits per heavy atom. The smallest absolute Gasteiger partial charge is 0.274 e. The number of nitrogens with one attached hydrogen (secondary N) is 1. The van der Waals surface area contributed by atoms with Gasteiger partial charge in [-0.2, -0.15) is 5.10 Å². The molecule has 1 aromatic heterocycles. The lowest BCUT2D eigenvalue weighted by Crippen LogP contribution is -2.17. The van der Waals surface area contributed by atoms with Crippen molar-refractivity contribution in [2.45, 2.75) is 13.5 Å². The van der Waals surface area contributed by atoms with Crippen LogP contribution in [0.2, 0.25) is 5.02 Å². The maximum absolute atomic E-state index is 12.0. The highest BCUT2D eigenvalue weighted by molar-refractivity contribution is 6.30. The second-order valence-electron chi connectivity index (χ2n) is 5.92. The molecule has 0 atom stereocenters. The Morgan fingerprint density at radius 2 is 1.96 bits per heavy atom. The first-order chi connectivity index (χ1) is 13.6. The van der Waals surface area contributed by atoms with Crippen LogP contribution in [0.25, 0.3) is 0 Å². The van der Waals surface area contributed by atoms with Gasteiger partial charge in [0.15, 0.2) is 11.5 Å². The number of aryl methyl sites for hydroxylation is 1. The molecule has 144 valence electrons. The number of carbonyl (C=O) groups is 1. The van der Waals surface area contributed by atoms with Gasteiger partial charge in [-0.15, -0.1) is 0 Å². The fourth-order valence-corrected chi connectivity index (χ4v) is 2.60. The van der Waals surface area contributed by atoms with Gasteiger partial charge in [0.25, 0.3) is 5.91 Å². The van der Waals surface area contributed by atoms with E-state index in [9.17, 15) is 4.79 Å². The Kier molecular flexibility index (Phi) is 6.34. The highest BCUT2D eigenvalue weighted by atomic mass is 35.5. The van der Waals surface area contributed by atoms with Crippen molar-refractivity contribution in [2.24, 2.45) is 5.10 Å². The first kappa shape index (κ1) is 19.5. The average Bonchev–Trinajstić information content (AvgIpc) is 3.14. The Bertz CT molecular complexity index is 980. The van der Waals surface area contributed by atoms with Gasteiger partial charge in [0, 0.05) is 5.02 Å². The lowest BCUT2D eigenvalue weighted by molar-refractivity contribution is 0.0953. The lowest BCUT2D eigenvalue weighted by atomic mass is 10.2. The Balaban J connectivity index is 1.62. The highest BCUT2D eigenvalue weighted by Gasteiger charge is 2.10. The molecule has 28 heavy (non-hydrogen) atoms. The van der Waals surface area contributed by atoms with Crippen molar-refractivity contribution in [3.63, 3.8) is 0 Å². The van der Waals surface area contributed by atoms with Crippen LogP contribution in [0, 0.1) is 6.92 Å². The highest BCUT2D eigenvalue weighted by Crippen LogP contribution is 2.28. The maximum atomic E-state index is 12.0. The summed E-state index contributed by atoms with van der Waals surface area (Å²) >= 11 is 5.89. The van der Waals surface area contributed by atoms with Crippen LogP contribution in [0.3, 0.4) is 0 Å². The van der Waals surface area contributed by atoms with Gasteiger partial charge >= 0.3 is 0 Å². The van der Waals surface area contributed by atoms with E-state index in [1.165, 1.54) is 12.5 Å². The molecule has 0 aliphatic carbocycles. The summed E-state index contributed by atoms with van der Waals surface area (Å²) in [5.41, 5.74) is 4.66. The summed E-state index contributed by atoms with van der Waals surface area (Å²) < 4.78 is 16.3. The number of halogens is 1. The van der Waals surface area contributed by atoms with E-state index in [-0.39, 0.29) is 5.91 Å². The minimum Gasteiger partial charge on any atom is -0.493 e. The van der Waals surface area contributed by atoms with E-state index < -0.39 is 0 Å². The van der Waals surface area contributed by atoms with Crippen LogP contribution in [0.5, 0.6) is 11.5 Å². The lowest BCUT2D eigenvalue weighted by Gasteiger charge is -2.11. The number of carbonyl (C=O) groups excluding carboxylic acids is 1. The number of hydrogen-bond acceptors (Lipinski definition) is 5. The van der Waals surface area contributed by atoms with Gasteiger partial charge in [0.1, 0.15) is 12.4 Å². The van der Waals surface area contributed by atoms with Gasteiger partial charge in [-0.1, -0.05) is 23.7 Å². The summed E-state index contributed by atoms with van der Waals surface area (Å²) in [7, 11) is 1.56. The molecule has 3 rings (SSSR count). The normalized spacial score (nSPS) is 10.8.